The first-order valence-corrected chi connectivity index (χ1v) is 4.81. The first-order chi connectivity index (χ1) is 7.74. The SMILES string of the molecule is Cc1[nH]n(-c2ccccc2)c(=O)c1NC=O. The number of nitrogens with one attached hydrogen (secondary N) is 2. The number of carbonyl (C=O) groups excluding carboxylic acids is 1. The van der Waals surface area contributed by atoms with Gasteiger partial charge >= 0.3 is 0 Å². The Balaban J connectivity index is 2.56. The summed E-state index contributed by atoms with van der Waals surface area (Å²) in [6.07, 6.45) is 0.493. The van der Waals surface area contributed by atoms with Gasteiger partial charge in [0.15, 0.2) is 0 Å². The molecule has 2 rings (SSSR count). The van der Waals surface area contributed by atoms with Crippen molar-refractivity contribution in [3.8, 4) is 5.69 Å². The number of aromatic amines is 1. The van der Waals surface area contributed by atoms with Crippen molar-refractivity contribution in [1.82, 2.24) is 9.78 Å². The third-order valence-electron chi connectivity index (χ3n) is 2.29. The first-order valence-electron chi connectivity index (χ1n) is 4.81. The van der Waals surface area contributed by atoms with Gasteiger partial charge in [0.05, 0.1) is 11.4 Å². The fourth-order valence-electron chi connectivity index (χ4n) is 1.53. The van der Waals surface area contributed by atoms with Crippen LogP contribution >= 0.6 is 0 Å². The molecule has 0 aliphatic heterocycles. The number of aryl methyl sites for hydroxylation is 1. The molecule has 2 N–H and O–H groups in total. The first kappa shape index (κ1) is 10.2. The molecule has 0 aliphatic rings. The molecular formula is C11H11N3O2. The van der Waals surface area contributed by atoms with Gasteiger partial charge in [-0.1, -0.05) is 18.2 Å². The monoisotopic (exact) mass is 217 g/mol. The summed E-state index contributed by atoms with van der Waals surface area (Å²) in [6.45, 7) is 1.73. The Morgan fingerprint density at radius 1 is 1.31 bits per heavy atom. The molecule has 16 heavy (non-hydrogen) atoms. The van der Waals surface area contributed by atoms with E-state index in [-0.39, 0.29) is 11.2 Å². The molecule has 0 fully saturated rings. The van der Waals surface area contributed by atoms with E-state index in [2.05, 4.69) is 10.4 Å². The highest BCUT2D eigenvalue weighted by Crippen LogP contribution is 2.09. The summed E-state index contributed by atoms with van der Waals surface area (Å²) < 4.78 is 1.39. The van der Waals surface area contributed by atoms with E-state index in [9.17, 15) is 9.59 Å². The molecule has 0 spiro atoms. The van der Waals surface area contributed by atoms with Gasteiger partial charge in [-0.25, -0.2) is 4.68 Å². The number of nitrogens with zero attached hydrogens (tertiary/aromatic N) is 1. The van der Waals surface area contributed by atoms with E-state index in [1.54, 1.807) is 6.92 Å². The van der Waals surface area contributed by atoms with Crippen LogP contribution in [0, 0.1) is 6.92 Å². The maximum Gasteiger partial charge on any atom is 0.295 e. The smallest absolute Gasteiger partial charge is 0.295 e. The minimum atomic E-state index is -0.268. The Hall–Kier alpha value is -2.30. The Morgan fingerprint density at radius 2 is 2.00 bits per heavy atom. The van der Waals surface area contributed by atoms with Crippen molar-refractivity contribution < 1.29 is 4.79 Å². The van der Waals surface area contributed by atoms with E-state index in [1.807, 2.05) is 30.3 Å². The second-order valence-corrected chi connectivity index (χ2v) is 3.35. The van der Waals surface area contributed by atoms with E-state index in [1.165, 1.54) is 4.68 Å². The lowest BCUT2D eigenvalue weighted by molar-refractivity contribution is -0.105. The van der Waals surface area contributed by atoms with Crippen LogP contribution in [0.15, 0.2) is 35.1 Å². The zero-order valence-electron chi connectivity index (χ0n) is 8.73. The molecule has 1 heterocycles. The Morgan fingerprint density at radius 3 is 2.62 bits per heavy atom. The molecular weight excluding hydrogens is 206 g/mol. The summed E-state index contributed by atoms with van der Waals surface area (Å²) in [5.74, 6) is 0. The van der Waals surface area contributed by atoms with Crippen LogP contribution in [0.3, 0.4) is 0 Å². The van der Waals surface area contributed by atoms with E-state index in [0.717, 1.165) is 5.69 Å². The topological polar surface area (TPSA) is 66.9 Å². The number of aromatic nitrogens is 2. The zero-order chi connectivity index (χ0) is 11.5. The van der Waals surface area contributed by atoms with Crippen LogP contribution < -0.4 is 10.9 Å². The summed E-state index contributed by atoms with van der Waals surface area (Å²) in [7, 11) is 0. The molecule has 0 atom stereocenters. The van der Waals surface area contributed by atoms with Gasteiger partial charge in [0.1, 0.15) is 5.69 Å². The summed E-state index contributed by atoms with van der Waals surface area (Å²) in [6, 6.07) is 9.16. The second-order valence-electron chi connectivity index (χ2n) is 3.35. The van der Waals surface area contributed by atoms with Crippen LogP contribution in [0.5, 0.6) is 0 Å². The summed E-state index contributed by atoms with van der Waals surface area (Å²) in [5, 5.41) is 5.29. The number of hydrogen-bond donors (Lipinski definition) is 2. The third-order valence-corrected chi connectivity index (χ3v) is 2.29. The molecule has 5 heteroatoms. The Labute approximate surface area is 91.7 Å². The van der Waals surface area contributed by atoms with E-state index >= 15 is 0 Å². The highest BCUT2D eigenvalue weighted by atomic mass is 16.1. The molecule has 0 bridgehead atoms. The molecule has 0 aliphatic carbocycles. The fourth-order valence-corrected chi connectivity index (χ4v) is 1.53. The number of anilines is 1. The van der Waals surface area contributed by atoms with Crippen LogP contribution in [0.2, 0.25) is 0 Å². The van der Waals surface area contributed by atoms with Crippen molar-refractivity contribution in [1.29, 1.82) is 0 Å². The Kier molecular flexibility index (Phi) is 2.59. The van der Waals surface area contributed by atoms with Gasteiger partial charge < -0.3 is 5.32 Å². The lowest BCUT2D eigenvalue weighted by atomic mass is 10.3. The number of carbonyl (C=O) groups is 1. The van der Waals surface area contributed by atoms with Gasteiger partial charge in [0.2, 0.25) is 6.41 Å². The van der Waals surface area contributed by atoms with Crippen molar-refractivity contribution in [2.45, 2.75) is 6.92 Å². The second kappa shape index (κ2) is 4.06. The minimum absolute atomic E-state index is 0.268. The molecule has 1 aromatic heterocycles. The predicted molar refractivity (Wildman–Crippen MR) is 60.8 cm³/mol. The van der Waals surface area contributed by atoms with E-state index in [4.69, 9.17) is 0 Å². The standard InChI is InChI=1S/C11H11N3O2/c1-8-10(12-7-15)11(16)14(13-8)9-5-3-2-4-6-9/h2-7,13H,1H3,(H,12,15). The Bertz CT molecular complexity index is 554. The molecule has 0 radical (unpaired) electrons. The van der Waals surface area contributed by atoms with Gasteiger partial charge in [0, 0.05) is 0 Å². The average Bonchev–Trinajstić information content (AvgIpc) is 2.59. The van der Waals surface area contributed by atoms with E-state index < -0.39 is 0 Å². The number of amides is 1. The fraction of sp³-hybridized carbons (Fsp3) is 0.0909. The lowest BCUT2D eigenvalue weighted by Crippen LogP contribution is -2.17. The van der Waals surface area contributed by atoms with Crippen molar-refractivity contribution in [3.63, 3.8) is 0 Å². The van der Waals surface area contributed by atoms with Crippen molar-refractivity contribution in [3.05, 3.63) is 46.4 Å². The van der Waals surface area contributed by atoms with Crippen LogP contribution in [-0.4, -0.2) is 16.2 Å². The predicted octanol–water partition coefficient (Wildman–Crippen LogP) is 1.04. The molecule has 0 saturated carbocycles. The van der Waals surface area contributed by atoms with Crippen LogP contribution in [0.4, 0.5) is 5.69 Å². The lowest BCUT2D eigenvalue weighted by Gasteiger charge is -1.99. The highest BCUT2D eigenvalue weighted by Gasteiger charge is 2.10. The van der Waals surface area contributed by atoms with Crippen LogP contribution in [0.1, 0.15) is 5.69 Å². The number of hydrogen-bond acceptors (Lipinski definition) is 2. The molecule has 0 saturated heterocycles. The quantitative estimate of drug-likeness (QED) is 0.754. The van der Waals surface area contributed by atoms with Crippen molar-refractivity contribution in [2.75, 3.05) is 5.32 Å². The maximum absolute atomic E-state index is 11.9. The minimum Gasteiger partial charge on any atom is -0.323 e. The zero-order valence-corrected chi connectivity index (χ0v) is 8.73. The number of rotatable bonds is 3. The van der Waals surface area contributed by atoms with Gasteiger partial charge in [0.25, 0.3) is 5.56 Å². The van der Waals surface area contributed by atoms with Gasteiger partial charge in [-0.15, -0.1) is 0 Å². The largest absolute Gasteiger partial charge is 0.323 e. The summed E-state index contributed by atoms with van der Waals surface area (Å²) in [4.78, 5) is 22.2. The summed E-state index contributed by atoms with van der Waals surface area (Å²) in [5.41, 5.74) is 1.37. The summed E-state index contributed by atoms with van der Waals surface area (Å²) >= 11 is 0. The normalized spacial score (nSPS) is 10.1. The number of benzene rings is 1. The van der Waals surface area contributed by atoms with Gasteiger partial charge in [-0.2, -0.15) is 0 Å². The highest BCUT2D eigenvalue weighted by molar-refractivity contribution is 5.72. The van der Waals surface area contributed by atoms with E-state index in [0.29, 0.717) is 12.1 Å². The van der Waals surface area contributed by atoms with Crippen LogP contribution in [-0.2, 0) is 4.79 Å². The number of para-hydroxylation sites is 1. The molecule has 1 amide bonds. The average molecular weight is 217 g/mol. The molecule has 1 aromatic carbocycles. The van der Waals surface area contributed by atoms with Gasteiger partial charge in [-0.3, -0.25) is 14.7 Å². The third kappa shape index (κ3) is 1.63. The molecule has 5 nitrogen and oxygen atoms in total. The molecule has 82 valence electrons. The van der Waals surface area contributed by atoms with Crippen molar-refractivity contribution in [2.24, 2.45) is 0 Å². The number of H-pyrrole nitrogens is 1. The molecule has 2 aromatic rings. The maximum atomic E-state index is 11.9. The van der Waals surface area contributed by atoms with Crippen LogP contribution in [0.25, 0.3) is 5.69 Å². The van der Waals surface area contributed by atoms with Crippen molar-refractivity contribution >= 4 is 12.1 Å². The van der Waals surface area contributed by atoms with Gasteiger partial charge in [-0.05, 0) is 19.1 Å². The molecule has 0 unspecified atom stereocenters.